The van der Waals surface area contributed by atoms with Crippen molar-refractivity contribution in [2.24, 2.45) is 0 Å². The molecule has 98 valence electrons. The third-order valence-corrected chi connectivity index (χ3v) is 6.87. The van der Waals surface area contributed by atoms with Gasteiger partial charge in [0.05, 0.1) is 22.3 Å². The Balaban J connectivity index is 5.02. The molecular weight excluding hydrogens is 276 g/mol. The highest BCUT2D eigenvalue weighted by molar-refractivity contribution is 8.06. The predicted octanol–water partition coefficient (Wildman–Crippen LogP) is 2.08. The van der Waals surface area contributed by atoms with Crippen LogP contribution in [0.15, 0.2) is 9.81 Å². The van der Waals surface area contributed by atoms with Crippen molar-refractivity contribution < 1.29 is 19.1 Å². The molecule has 0 radical (unpaired) electrons. The Morgan fingerprint density at radius 1 is 1.12 bits per heavy atom. The van der Waals surface area contributed by atoms with Gasteiger partial charge in [0, 0.05) is 0 Å². The van der Waals surface area contributed by atoms with Crippen LogP contribution >= 0.6 is 24.4 Å². The van der Waals surface area contributed by atoms with E-state index in [2.05, 4.69) is 41.7 Å². The highest BCUT2D eigenvalue weighted by Gasteiger charge is 2.23. The molecule has 0 aromatic heterocycles. The number of methoxy groups -OCH3 is 2. The Labute approximate surface area is 113 Å². The number of hydrogen-bond acceptors (Lipinski definition) is 6. The molecule has 0 fully saturated rings. The van der Waals surface area contributed by atoms with Crippen molar-refractivity contribution in [2.75, 3.05) is 19.6 Å². The summed E-state index contributed by atoms with van der Waals surface area (Å²) in [7, 11) is 1.19. The molecule has 0 bridgehead atoms. The first-order chi connectivity index (χ1) is 7.72. The van der Waals surface area contributed by atoms with E-state index in [9.17, 15) is 9.59 Å². The van der Waals surface area contributed by atoms with E-state index in [1.165, 1.54) is 26.0 Å². The molecule has 0 aromatic rings. The van der Waals surface area contributed by atoms with E-state index in [0.29, 0.717) is 0 Å². The number of esters is 2. The van der Waals surface area contributed by atoms with Gasteiger partial charge in [0.1, 0.15) is 9.81 Å². The molecule has 0 aliphatic carbocycles. The molecule has 0 rings (SSSR count). The lowest BCUT2D eigenvalue weighted by Gasteiger charge is -2.16. The number of rotatable bonds is 5. The molecular formula is C10H18O4S2Si. The first-order valence-electron chi connectivity index (χ1n) is 4.95. The van der Waals surface area contributed by atoms with Crippen LogP contribution in [0, 0.1) is 0 Å². The Hall–Kier alpha value is -0.403. The predicted molar refractivity (Wildman–Crippen MR) is 75.8 cm³/mol. The quantitative estimate of drug-likeness (QED) is 0.364. The minimum atomic E-state index is -1.33. The van der Waals surface area contributed by atoms with E-state index in [1.54, 1.807) is 0 Å². The standard InChI is InChI=1S/C10H18O4S2Si/c1-13-9(11)7(15)8(10(12)14-2)16-6-17(3,4)5/h15H,6H2,1-5H3/b8-7-. The maximum atomic E-state index is 11.5. The molecule has 17 heavy (non-hydrogen) atoms. The summed E-state index contributed by atoms with van der Waals surface area (Å²) in [6.07, 6.45) is 0. The number of thioether (sulfide) groups is 1. The average Bonchev–Trinajstić information content (AvgIpc) is 2.25. The van der Waals surface area contributed by atoms with Gasteiger partial charge in [-0.3, -0.25) is 0 Å². The fourth-order valence-electron chi connectivity index (χ4n) is 0.795. The molecule has 7 heteroatoms. The van der Waals surface area contributed by atoms with Gasteiger partial charge in [0.25, 0.3) is 0 Å². The Bertz CT molecular complexity index is 334. The zero-order valence-electron chi connectivity index (χ0n) is 10.7. The van der Waals surface area contributed by atoms with Gasteiger partial charge in [-0.1, -0.05) is 19.6 Å². The van der Waals surface area contributed by atoms with Crippen molar-refractivity contribution in [3.63, 3.8) is 0 Å². The van der Waals surface area contributed by atoms with Gasteiger partial charge in [-0.25, -0.2) is 9.59 Å². The summed E-state index contributed by atoms with van der Waals surface area (Å²) in [5.74, 6) is -1.18. The van der Waals surface area contributed by atoms with Gasteiger partial charge in [-0.05, 0) is 5.38 Å². The maximum Gasteiger partial charge on any atom is 0.345 e. The molecule has 0 atom stereocenters. The van der Waals surface area contributed by atoms with Gasteiger partial charge in [0.15, 0.2) is 0 Å². The van der Waals surface area contributed by atoms with E-state index in [-0.39, 0.29) is 9.81 Å². The molecule has 0 saturated heterocycles. The van der Waals surface area contributed by atoms with Crippen molar-refractivity contribution in [3.8, 4) is 0 Å². The summed E-state index contributed by atoms with van der Waals surface area (Å²) in [4.78, 5) is 23.1. The molecule has 0 heterocycles. The highest BCUT2D eigenvalue weighted by Crippen LogP contribution is 2.27. The second-order valence-corrected chi connectivity index (χ2v) is 11.9. The number of carbonyl (C=O) groups excluding carboxylic acids is 2. The van der Waals surface area contributed by atoms with Crippen LogP contribution in [-0.2, 0) is 19.1 Å². The molecule has 0 unspecified atom stereocenters. The lowest BCUT2D eigenvalue weighted by atomic mass is 10.5. The van der Waals surface area contributed by atoms with Gasteiger partial charge < -0.3 is 9.47 Å². The van der Waals surface area contributed by atoms with Crippen LogP contribution < -0.4 is 0 Å². The van der Waals surface area contributed by atoms with Crippen molar-refractivity contribution in [1.29, 1.82) is 0 Å². The van der Waals surface area contributed by atoms with Crippen molar-refractivity contribution >= 4 is 44.4 Å². The zero-order valence-corrected chi connectivity index (χ0v) is 13.4. The summed E-state index contributed by atoms with van der Waals surface area (Å²) in [6, 6.07) is 0. The van der Waals surface area contributed by atoms with E-state index in [1.807, 2.05) is 0 Å². The summed E-state index contributed by atoms with van der Waals surface area (Å²) < 4.78 is 9.17. The van der Waals surface area contributed by atoms with E-state index < -0.39 is 20.0 Å². The van der Waals surface area contributed by atoms with Crippen LogP contribution in [0.4, 0.5) is 0 Å². The van der Waals surface area contributed by atoms with Gasteiger partial charge in [-0.2, -0.15) is 0 Å². The van der Waals surface area contributed by atoms with Crippen LogP contribution in [0.1, 0.15) is 0 Å². The van der Waals surface area contributed by atoms with Crippen LogP contribution in [0.25, 0.3) is 0 Å². The van der Waals surface area contributed by atoms with Crippen LogP contribution in [-0.4, -0.2) is 39.6 Å². The number of carbonyl (C=O) groups is 2. The van der Waals surface area contributed by atoms with E-state index in [4.69, 9.17) is 0 Å². The summed E-state index contributed by atoms with van der Waals surface area (Å²) in [5, 5.41) is 0.804. The zero-order chi connectivity index (χ0) is 13.6. The first kappa shape index (κ1) is 16.6. The lowest BCUT2D eigenvalue weighted by molar-refractivity contribution is -0.138. The van der Waals surface area contributed by atoms with Crippen molar-refractivity contribution in [3.05, 3.63) is 9.81 Å². The minimum Gasteiger partial charge on any atom is -0.465 e. The van der Waals surface area contributed by atoms with Crippen LogP contribution in [0.2, 0.25) is 19.6 Å². The van der Waals surface area contributed by atoms with Gasteiger partial charge in [0.2, 0.25) is 0 Å². The topological polar surface area (TPSA) is 52.6 Å². The number of ether oxygens (including phenoxy) is 2. The Kier molecular flexibility index (Phi) is 6.96. The largest absolute Gasteiger partial charge is 0.465 e. The highest BCUT2D eigenvalue weighted by atomic mass is 32.2. The normalized spacial score (nSPS) is 12.8. The van der Waals surface area contributed by atoms with Crippen molar-refractivity contribution in [2.45, 2.75) is 19.6 Å². The fraction of sp³-hybridized carbons (Fsp3) is 0.600. The van der Waals surface area contributed by atoms with Crippen LogP contribution in [0.3, 0.4) is 0 Å². The SMILES string of the molecule is COC(=O)/C(S)=C(/SC[Si](C)(C)C)C(=O)OC. The molecule has 0 spiro atoms. The maximum absolute atomic E-state index is 11.5. The van der Waals surface area contributed by atoms with E-state index in [0.717, 1.165) is 5.38 Å². The monoisotopic (exact) mass is 294 g/mol. The Morgan fingerprint density at radius 2 is 1.59 bits per heavy atom. The second-order valence-electron chi connectivity index (χ2n) is 4.51. The third-order valence-electron chi connectivity index (χ3n) is 1.61. The molecule has 4 nitrogen and oxygen atoms in total. The minimum absolute atomic E-state index is 0.00241. The Morgan fingerprint density at radius 3 is 1.94 bits per heavy atom. The third kappa shape index (κ3) is 6.18. The molecule has 0 aliphatic heterocycles. The first-order valence-corrected chi connectivity index (χ1v) is 10.1. The molecule has 0 saturated carbocycles. The number of hydrogen-bond donors (Lipinski definition) is 1. The molecule has 0 aliphatic rings. The van der Waals surface area contributed by atoms with E-state index >= 15 is 0 Å². The number of thiol groups is 1. The van der Waals surface area contributed by atoms with Crippen molar-refractivity contribution in [1.82, 2.24) is 0 Å². The summed E-state index contributed by atoms with van der Waals surface area (Å²) >= 11 is 5.32. The summed E-state index contributed by atoms with van der Waals surface area (Å²) in [5.41, 5.74) is 0. The second kappa shape index (κ2) is 7.12. The van der Waals surface area contributed by atoms with Gasteiger partial charge >= 0.3 is 11.9 Å². The molecule has 0 aromatic carbocycles. The van der Waals surface area contributed by atoms with Crippen LogP contribution in [0.5, 0.6) is 0 Å². The van der Waals surface area contributed by atoms with Gasteiger partial charge in [-0.15, -0.1) is 24.4 Å². The summed E-state index contributed by atoms with van der Waals surface area (Å²) in [6.45, 7) is 6.52. The fourth-order valence-corrected chi connectivity index (χ4v) is 3.90. The smallest absolute Gasteiger partial charge is 0.345 e. The molecule has 0 N–H and O–H groups in total. The average molecular weight is 294 g/mol. The molecule has 0 amide bonds. The lowest BCUT2D eigenvalue weighted by Crippen LogP contribution is -2.25.